The van der Waals surface area contributed by atoms with Crippen molar-refractivity contribution in [2.24, 2.45) is 10.9 Å². The lowest BCUT2D eigenvalue weighted by molar-refractivity contribution is -0.143. The maximum Gasteiger partial charge on any atom is 0.326 e. The zero-order chi connectivity index (χ0) is 18.7. The van der Waals surface area contributed by atoms with Crippen LogP contribution in [0.2, 0.25) is 0 Å². The van der Waals surface area contributed by atoms with E-state index >= 15 is 0 Å². The molecule has 1 heterocycles. The van der Waals surface area contributed by atoms with Crippen LogP contribution in [0.3, 0.4) is 0 Å². The van der Waals surface area contributed by atoms with Crippen molar-refractivity contribution < 1.29 is 14.3 Å². The number of amides is 1. The fourth-order valence-electron chi connectivity index (χ4n) is 3.43. The predicted molar refractivity (Wildman–Crippen MR) is 103 cm³/mol. The zero-order valence-corrected chi connectivity index (χ0v) is 16.5. The predicted octanol–water partition coefficient (Wildman–Crippen LogP) is 3.89. The number of carbonyl (C=O) groups is 2. The fourth-order valence-corrected chi connectivity index (χ4v) is 4.55. The number of rotatable bonds is 4. The van der Waals surface area contributed by atoms with Crippen LogP contribution >= 0.6 is 11.3 Å². The number of nitrogens with zero attached hydrogens (tertiary/aromatic N) is 2. The first-order valence-corrected chi connectivity index (χ1v) is 10.2. The molecule has 0 aliphatic heterocycles. The number of hydrogen-bond acceptors (Lipinski definition) is 4. The molecule has 0 atom stereocenters. The lowest BCUT2D eigenvalue weighted by atomic mass is 9.89. The van der Waals surface area contributed by atoms with Gasteiger partial charge in [0.1, 0.15) is 6.54 Å². The van der Waals surface area contributed by atoms with Gasteiger partial charge in [-0.2, -0.15) is 4.99 Å². The molecule has 0 N–H and O–H groups in total. The molecule has 26 heavy (non-hydrogen) atoms. The highest BCUT2D eigenvalue weighted by Crippen LogP contribution is 2.25. The fraction of sp³-hybridized carbons (Fsp3) is 0.550. The van der Waals surface area contributed by atoms with E-state index in [0.29, 0.717) is 11.4 Å². The van der Waals surface area contributed by atoms with E-state index in [2.05, 4.69) is 24.0 Å². The van der Waals surface area contributed by atoms with Gasteiger partial charge in [-0.05, 0) is 56.9 Å². The molecule has 1 amide bonds. The summed E-state index contributed by atoms with van der Waals surface area (Å²) in [6.07, 6.45) is 5.24. The van der Waals surface area contributed by atoms with Crippen LogP contribution in [0, 0.1) is 19.8 Å². The number of esters is 1. The molecule has 3 rings (SSSR count). The van der Waals surface area contributed by atoms with Gasteiger partial charge in [-0.1, -0.05) is 30.6 Å². The summed E-state index contributed by atoms with van der Waals surface area (Å²) in [6, 6.07) is 4.16. The Morgan fingerprint density at radius 3 is 2.58 bits per heavy atom. The van der Waals surface area contributed by atoms with Gasteiger partial charge < -0.3 is 9.30 Å². The third kappa shape index (κ3) is 4.06. The smallest absolute Gasteiger partial charge is 0.326 e. The van der Waals surface area contributed by atoms with Crippen molar-refractivity contribution in [3.63, 3.8) is 0 Å². The number of aromatic nitrogens is 1. The first-order chi connectivity index (χ1) is 12.5. The minimum atomic E-state index is -0.308. The molecule has 2 aromatic rings. The van der Waals surface area contributed by atoms with Crippen molar-refractivity contribution in [2.45, 2.75) is 59.4 Å². The van der Waals surface area contributed by atoms with Crippen LogP contribution in [0.5, 0.6) is 0 Å². The molecular weight excluding hydrogens is 348 g/mol. The number of hydrogen-bond donors (Lipinski definition) is 0. The Morgan fingerprint density at radius 2 is 1.88 bits per heavy atom. The van der Waals surface area contributed by atoms with Gasteiger partial charge in [0.2, 0.25) is 0 Å². The number of fused-ring (bicyclic) bond motifs is 1. The summed E-state index contributed by atoms with van der Waals surface area (Å²) in [5.74, 6) is -0.340. The molecule has 0 unspecified atom stereocenters. The van der Waals surface area contributed by atoms with Crippen molar-refractivity contribution in [1.29, 1.82) is 0 Å². The van der Waals surface area contributed by atoms with E-state index in [9.17, 15) is 9.59 Å². The Bertz CT molecular complexity index is 888. The van der Waals surface area contributed by atoms with Gasteiger partial charge in [0.05, 0.1) is 16.8 Å². The van der Waals surface area contributed by atoms with Gasteiger partial charge in [0, 0.05) is 5.92 Å². The quantitative estimate of drug-likeness (QED) is 0.763. The molecule has 1 aliphatic carbocycles. The van der Waals surface area contributed by atoms with Crippen molar-refractivity contribution in [2.75, 3.05) is 6.61 Å². The second kappa shape index (κ2) is 8.16. The van der Waals surface area contributed by atoms with E-state index in [-0.39, 0.29) is 24.3 Å². The third-order valence-corrected chi connectivity index (χ3v) is 6.09. The molecule has 1 aromatic carbocycles. The van der Waals surface area contributed by atoms with Gasteiger partial charge in [0.25, 0.3) is 5.91 Å². The highest BCUT2D eigenvalue weighted by atomic mass is 32.1. The molecule has 1 aromatic heterocycles. The molecule has 0 saturated heterocycles. The minimum Gasteiger partial charge on any atom is -0.465 e. The molecule has 6 heteroatoms. The average Bonchev–Trinajstić information content (AvgIpc) is 2.93. The van der Waals surface area contributed by atoms with E-state index < -0.39 is 0 Å². The highest BCUT2D eigenvalue weighted by Gasteiger charge is 2.21. The summed E-state index contributed by atoms with van der Waals surface area (Å²) in [5, 5.41) is 0. The van der Waals surface area contributed by atoms with E-state index in [1.54, 1.807) is 6.92 Å². The summed E-state index contributed by atoms with van der Waals surface area (Å²) >= 11 is 1.47. The maximum atomic E-state index is 12.7. The van der Waals surface area contributed by atoms with Crippen LogP contribution in [-0.4, -0.2) is 23.1 Å². The van der Waals surface area contributed by atoms with Crippen LogP contribution in [-0.2, 0) is 20.9 Å². The van der Waals surface area contributed by atoms with Gasteiger partial charge in [-0.25, -0.2) is 0 Å². The van der Waals surface area contributed by atoms with Crippen molar-refractivity contribution in [3.05, 3.63) is 28.1 Å². The number of aryl methyl sites for hydroxylation is 2. The number of carbonyl (C=O) groups excluding carboxylic acids is 2. The molecule has 1 aliphatic rings. The first kappa shape index (κ1) is 18.8. The largest absolute Gasteiger partial charge is 0.465 e. The highest BCUT2D eigenvalue weighted by molar-refractivity contribution is 7.16. The summed E-state index contributed by atoms with van der Waals surface area (Å²) in [7, 11) is 0. The van der Waals surface area contributed by atoms with Gasteiger partial charge in [-0.15, -0.1) is 0 Å². The number of thiazole rings is 1. The van der Waals surface area contributed by atoms with E-state index in [0.717, 1.165) is 41.5 Å². The summed E-state index contributed by atoms with van der Waals surface area (Å²) in [4.78, 5) is 29.8. The van der Waals surface area contributed by atoms with Crippen LogP contribution in [0.1, 0.15) is 50.2 Å². The topological polar surface area (TPSA) is 60.7 Å². The molecule has 1 saturated carbocycles. The second-order valence-corrected chi connectivity index (χ2v) is 7.97. The maximum absolute atomic E-state index is 12.7. The Balaban J connectivity index is 2.05. The number of ether oxygens (including phenoxy) is 1. The lowest BCUT2D eigenvalue weighted by Crippen LogP contribution is -2.25. The van der Waals surface area contributed by atoms with Crippen molar-refractivity contribution in [3.8, 4) is 0 Å². The number of benzene rings is 1. The average molecular weight is 375 g/mol. The van der Waals surface area contributed by atoms with Gasteiger partial charge >= 0.3 is 5.97 Å². The molecule has 0 spiro atoms. The second-order valence-electron chi connectivity index (χ2n) is 6.96. The standard InChI is InChI=1S/C20H26N2O3S/c1-4-25-18(23)12-22-16-10-13(2)14(3)11-17(16)26-20(22)21-19(24)15-8-6-5-7-9-15/h10-11,15H,4-9,12H2,1-3H3. The Kier molecular flexibility index (Phi) is 5.91. The van der Waals surface area contributed by atoms with Crippen LogP contribution in [0.15, 0.2) is 17.1 Å². The Morgan fingerprint density at radius 1 is 1.19 bits per heavy atom. The van der Waals surface area contributed by atoms with Crippen molar-refractivity contribution in [1.82, 2.24) is 4.57 Å². The molecule has 1 fully saturated rings. The first-order valence-electron chi connectivity index (χ1n) is 9.34. The van der Waals surface area contributed by atoms with Gasteiger partial charge in [0.15, 0.2) is 4.80 Å². The van der Waals surface area contributed by atoms with Crippen LogP contribution in [0.25, 0.3) is 10.2 Å². The van der Waals surface area contributed by atoms with E-state index in [4.69, 9.17) is 4.74 Å². The van der Waals surface area contributed by atoms with Crippen LogP contribution < -0.4 is 4.80 Å². The Hall–Kier alpha value is -1.95. The molecule has 0 radical (unpaired) electrons. The zero-order valence-electron chi connectivity index (χ0n) is 15.7. The Labute approximate surface area is 157 Å². The molecule has 140 valence electrons. The molecular formula is C20H26N2O3S. The summed E-state index contributed by atoms with van der Waals surface area (Å²) in [6.45, 7) is 6.32. The van der Waals surface area contributed by atoms with E-state index in [1.165, 1.54) is 23.3 Å². The van der Waals surface area contributed by atoms with Gasteiger partial charge in [-0.3, -0.25) is 9.59 Å². The SMILES string of the molecule is CCOC(=O)Cn1c(=NC(=O)C2CCCCC2)sc2cc(C)c(C)cc21. The lowest BCUT2D eigenvalue weighted by Gasteiger charge is -2.17. The minimum absolute atomic E-state index is 0.0217. The van der Waals surface area contributed by atoms with Crippen molar-refractivity contribution >= 4 is 33.4 Å². The van der Waals surface area contributed by atoms with E-state index in [1.807, 2.05) is 11.5 Å². The molecule has 0 bridgehead atoms. The summed E-state index contributed by atoms with van der Waals surface area (Å²) < 4.78 is 7.97. The normalized spacial score (nSPS) is 16.2. The third-order valence-electron chi connectivity index (χ3n) is 5.05. The monoisotopic (exact) mass is 374 g/mol. The summed E-state index contributed by atoms with van der Waals surface area (Å²) in [5.41, 5.74) is 3.27. The molecule has 5 nitrogen and oxygen atoms in total. The van der Waals surface area contributed by atoms with Crippen LogP contribution in [0.4, 0.5) is 0 Å².